The Morgan fingerprint density at radius 3 is 2.25 bits per heavy atom. The van der Waals surface area contributed by atoms with Crippen LogP contribution >= 0.6 is 0 Å². The fourth-order valence-electron chi connectivity index (χ4n) is 2.02. The van der Waals surface area contributed by atoms with Crippen LogP contribution < -0.4 is 5.32 Å². The van der Waals surface area contributed by atoms with Crippen molar-refractivity contribution < 1.29 is 58.9 Å². The van der Waals surface area contributed by atoms with Crippen molar-refractivity contribution in [3.8, 4) is 0 Å². The van der Waals surface area contributed by atoms with E-state index in [0.29, 0.717) is 0 Å². The number of amides is 1. The summed E-state index contributed by atoms with van der Waals surface area (Å²) < 4.78 is 213. The zero-order chi connectivity index (χ0) is 41.9. The van der Waals surface area contributed by atoms with Gasteiger partial charge in [-0.25, -0.2) is 0 Å². The molecule has 0 fully saturated rings. The molecule has 0 rings (SSSR count). The Hall–Kier alpha value is -0.700. The number of carbonyl (C=O) groups excluding carboxylic acids is 1. The summed E-state index contributed by atoms with van der Waals surface area (Å²) in [5, 5.41) is 11.8. The summed E-state index contributed by atoms with van der Waals surface area (Å²) in [6.45, 7) is -4.69. The minimum absolute atomic E-state index is 0.0404. The number of nitrogens with one attached hydrogen (secondary N) is 1. The summed E-state index contributed by atoms with van der Waals surface area (Å²) in [5.41, 5.74) is 0. The van der Waals surface area contributed by atoms with Crippen molar-refractivity contribution >= 4 is 16.0 Å². The second-order valence-electron chi connectivity index (χ2n) is 6.10. The molecule has 0 aliphatic heterocycles. The van der Waals surface area contributed by atoms with E-state index in [2.05, 4.69) is 0 Å². The lowest BCUT2D eigenvalue weighted by molar-refractivity contribution is -0.893. The number of hydrogen-bond acceptors (Lipinski definition) is 4. The lowest BCUT2D eigenvalue weighted by atomic mass is 10.1. The maximum atomic E-state index is 12.8. The zero-order valence-electron chi connectivity index (χ0n) is 38.6. The molecule has 1 unspecified atom stereocenters. The van der Waals surface area contributed by atoms with Gasteiger partial charge < -0.3 is 14.9 Å². The van der Waals surface area contributed by atoms with Gasteiger partial charge in [-0.05, 0) is 6.37 Å². The van der Waals surface area contributed by atoms with Gasteiger partial charge in [-0.1, -0.05) is 57.8 Å². The fraction of sp³-hybridized carbons (Fsp3) is 0.950. The SMILES string of the molecule is [2H]C([2H])([2H])C([2H])([2H])C([2H])([2H])C([2H])([2H])C([2H])([2H])C([2H])([2H])C([2H])([2H])C([2H])([2H])C([2H])([2H])C([2H])([2H])C([2H])([2H])C(=O)NCCC[N+](C)(C)CC(O)CS(=O)(=O)O. The average molecular weight is 447 g/mol. The summed E-state index contributed by atoms with van der Waals surface area (Å²) in [6.07, 6.45) is -47.7. The van der Waals surface area contributed by atoms with Crippen LogP contribution in [0.3, 0.4) is 0 Å². The molecule has 0 aromatic carbocycles. The van der Waals surface area contributed by atoms with E-state index in [9.17, 15) is 18.3 Å². The van der Waals surface area contributed by atoms with E-state index in [1.54, 1.807) is 0 Å². The molecule has 0 spiro atoms. The lowest BCUT2D eigenvalue weighted by Crippen LogP contribution is -2.48. The van der Waals surface area contributed by atoms with Crippen molar-refractivity contribution in [3.63, 3.8) is 0 Å². The van der Waals surface area contributed by atoms with Crippen LogP contribution in [-0.4, -0.2) is 74.1 Å². The highest BCUT2D eigenvalue weighted by molar-refractivity contribution is 7.85. The first-order valence-corrected chi connectivity index (χ1v) is 9.57. The Labute approximate surface area is 204 Å². The van der Waals surface area contributed by atoms with Crippen molar-refractivity contribution in [1.82, 2.24) is 5.32 Å². The number of aliphatic hydroxyl groups is 1. The molecular formula is C20H43N2O5S+. The first-order chi connectivity index (χ1) is 21.7. The molecule has 1 atom stereocenters. The van der Waals surface area contributed by atoms with Gasteiger partial charge in [0.25, 0.3) is 10.1 Å². The summed E-state index contributed by atoms with van der Waals surface area (Å²) in [4.78, 5) is 12.8. The molecule has 0 aromatic heterocycles. The highest BCUT2D eigenvalue weighted by Gasteiger charge is 2.24. The smallest absolute Gasteiger partial charge is 0.267 e. The van der Waals surface area contributed by atoms with Gasteiger partial charge in [0.05, 0.1) is 20.6 Å². The summed E-state index contributed by atoms with van der Waals surface area (Å²) >= 11 is 0. The van der Waals surface area contributed by atoms with E-state index < -0.39 is 105 Å². The first kappa shape index (κ1) is 7.77. The molecule has 1 amide bonds. The maximum absolute atomic E-state index is 12.8. The zero-order valence-corrected chi connectivity index (χ0v) is 16.4. The molecular weight excluding hydrogens is 380 g/mol. The molecule has 7 nitrogen and oxygen atoms in total. The third-order valence-electron chi connectivity index (χ3n) is 3.01. The van der Waals surface area contributed by atoms with Crippen molar-refractivity contribution in [2.24, 2.45) is 0 Å². The Balaban J connectivity index is 6.54. The van der Waals surface area contributed by atoms with Gasteiger partial charge in [0, 0.05) is 50.9 Å². The number of quaternary nitrogens is 1. The molecule has 168 valence electrons. The van der Waals surface area contributed by atoms with E-state index in [0.717, 1.165) is 0 Å². The second-order valence-corrected chi connectivity index (χ2v) is 7.60. The van der Waals surface area contributed by atoms with Crippen molar-refractivity contribution in [3.05, 3.63) is 0 Å². The molecule has 0 saturated carbocycles. The third kappa shape index (κ3) is 18.7. The van der Waals surface area contributed by atoms with E-state index in [4.69, 9.17) is 36.1 Å². The Kier molecular flexibility index (Phi) is 4.21. The molecule has 0 radical (unpaired) electrons. The lowest BCUT2D eigenvalue weighted by Gasteiger charge is -2.31. The number of hydrogen-bond donors (Lipinski definition) is 3. The highest BCUT2D eigenvalue weighted by atomic mass is 32.2. The van der Waals surface area contributed by atoms with Gasteiger partial charge in [-0.2, -0.15) is 8.42 Å². The van der Waals surface area contributed by atoms with E-state index in [1.807, 2.05) is 5.32 Å². The maximum Gasteiger partial charge on any atom is 0.267 e. The van der Waals surface area contributed by atoms with Crippen LogP contribution in [0.5, 0.6) is 0 Å². The Morgan fingerprint density at radius 2 is 1.68 bits per heavy atom. The number of likely N-dealkylation sites (N-methyl/N-ethyl adjacent to an activating group) is 1. The van der Waals surface area contributed by atoms with Gasteiger partial charge >= 0.3 is 0 Å². The number of nitrogens with zero attached hydrogens (tertiary/aromatic N) is 1. The second kappa shape index (κ2) is 15.2. The van der Waals surface area contributed by atoms with Crippen molar-refractivity contribution in [2.45, 2.75) is 83.1 Å². The van der Waals surface area contributed by atoms with Gasteiger partial charge in [0.2, 0.25) is 5.91 Å². The van der Waals surface area contributed by atoms with Crippen molar-refractivity contribution in [1.29, 1.82) is 0 Å². The molecule has 8 heteroatoms. The minimum Gasteiger partial charge on any atom is -0.386 e. The van der Waals surface area contributed by atoms with Crippen LogP contribution in [0.25, 0.3) is 0 Å². The van der Waals surface area contributed by atoms with E-state index >= 15 is 0 Å². The fourth-order valence-corrected chi connectivity index (χ4v) is 2.61. The van der Waals surface area contributed by atoms with Crippen LogP contribution in [0.4, 0.5) is 0 Å². The van der Waals surface area contributed by atoms with Gasteiger partial charge in [-0.3, -0.25) is 9.35 Å². The molecule has 3 N–H and O–H groups in total. The molecule has 0 aromatic rings. The molecule has 0 saturated heterocycles. The predicted molar refractivity (Wildman–Crippen MR) is 114 cm³/mol. The molecule has 0 bridgehead atoms. The van der Waals surface area contributed by atoms with Crippen LogP contribution in [0.2, 0.25) is 0 Å². The molecule has 28 heavy (non-hydrogen) atoms. The normalized spacial score (nSPS) is 31.2. The van der Waals surface area contributed by atoms with Crippen molar-refractivity contribution in [2.75, 3.05) is 39.5 Å². The van der Waals surface area contributed by atoms with Crippen LogP contribution in [0, 0.1) is 0 Å². The number of carbonyl (C=O) groups is 1. The standard InChI is InChI=1S/C20H42N2O5S/c1-4-5-6-7-8-9-10-11-12-14-20(24)21-15-13-16-22(2,3)17-19(23)18-28(25,26)27/h19,23H,4-18H2,1-3H3,(H-,21,24,25,26,27)/p+1/i1D3,4D2,5D2,6D2,7D2,8D2,9D2,10D2,11D2,12D2,14D2. The molecule has 0 aliphatic carbocycles. The summed E-state index contributed by atoms with van der Waals surface area (Å²) in [6, 6.07) is 0. The quantitative estimate of drug-likeness (QED) is 0.171. The van der Waals surface area contributed by atoms with E-state index in [-0.39, 0.29) is 24.0 Å². The topological polar surface area (TPSA) is 104 Å². The minimum atomic E-state index is -4.84. The van der Waals surface area contributed by atoms with Gasteiger partial charge in [-0.15, -0.1) is 0 Å². The largest absolute Gasteiger partial charge is 0.386 e. The summed E-state index contributed by atoms with van der Waals surface area (Å²) in [5.74, 6) is -2.91. The monoisotopic (exact) mass is 446 g/mol. The van der Waals surface area contributed by atoms with Crippen LogP contribution in [0.1, 0.15) is 109 Å². The average Bonchev–Trinajstić information content (AvgIpc) is 2.87. The molecule has 0 heterocycles. The summed E-state index contributed by atoms with van der Waals surface area (Å²) in [7, 11) is -1.51. The highest BCUT2D eigenvalue weighted by Crippen LogP contribution is 2.10. The van der Waals surface area contributed by atoms with E-state index in [1.165, 1.54) is 14.1 Å². The molecule has 0 aliphatic rings. The predicted octanol–water partition coefficient (Wildman–Crippen LogP) is 2.74. The number of rotatable bonds is 18. The van der Waals surface area contributed by atoms with Gasteiger partial charge in [0.15, 0.2) is 0 Å². The Bertz CT molecular complexity index is 1360. The first-order valence-electron chi connectivity index (χ1n) is 19.5. The third-order valence-corrected chi connectivity index (χ3v) is 3.82. The Morgan fingerprint density at radius 1 is 1.11 bits per heavy atom. The van der Waals surface area contributed by atoms with Crippen LogP contribution in [0.15, 0.2) is 0 Å². The van der Waals surface area contributed by atoms with Gasteiger partial charge in [0.1, 0.15) is 18.4 Å². The number of aliphatic hydroxyl groups excluding tert-OH is 1. The van der Waals surface area contributed by atoms with Crippen LogP contribution in [-0.2, 0) is 14.9 Å².